The van der Waals surface area contributed by atoms with Gasteiger partial charge < -0.3 is 0 Å². The second-order valence-electron chi connectivity index (χ2n) is 2.87. The van der Waals surface area contributed by atoms with Crippen molar-refractivity contribution in [3.05, 3.63) is 35.9 Å². The molecule has 0 spiro atoms. The Morgan fingerprint density at radius 3 is 2.36 bits per heavy atom. The van der Waals surface area contributed by atoms with Gasteiger partial charge in [0.1, 0.15) is 0 Å². The van der Waals surface area contributed by atoms with Crippen molar-refractivity contribution in [1.29, 1.82) is 0 Å². The van der Waals surface area contributed by atoms with Gasteiger partial charge >= 0.3 is 0 Å². The summed E-state index contributed by atoms with van der Waals surface area (Å²) in [6.07, 6.45) is 2.37. The Labute approximate surface area is 87.7 Å². The summed E-state index contributed by atoms with van der Waals surface area (Å²) in [7, 11) is 0. The van der Waals surface area contributed by atoms with Crippen LogP contribution in [0.25, 0.3) is 0 Å². The molecule has 0 radical (unpaired) electrons. The zero-order valence-electron chi connectivity index (χ0n) is 8.03. The molecule has 0 aliphatic rings. The van der Waals surface area contributed by atoms with E-state index in [2.05, 4.69) is 0 Å². The largest absolute Gasteiger partial charge is 0.294 e. The number of benzene rings is 1. The van der Waals surface area contributed by atoms with Crippen LogP contribution < -0.4 is 0 Å². The fourth-order valence-electron chi connectivity index (χ4n) is 1.09. The molecule has 3 heteroatoms. The highest BCUT2D eigenvalue weighted by atomic mass is 32.2. The minimum absolute atomic E-state index is 0.0352. The van der Waals surface area contributed by atoms with E-state index >= 15 is 0 Å². The summed E-state index contributed by atoms with van der Waals surface area (Å²) in [6, 6.07) is 9.05. The number of carbonyl (C=O) groups excluding carboxylic acids is 2. The Balaban J connectivity index is 2.48. The van der Waals surface area contributed by atoms with E-state index < -0.39 is 0 Å². The Kier molecular flexibility index (Phi) is 4.40. The molecule has 0 fully saturated rings. The third kappa shape index (κ3) is 3.34. The summed E-state index contributed by atoms with van der Waals surface area (Å²) in [5, 5.41) is 0.0641. The Morgan fingerprint density at radius 2 is 1.79 bits per heavy atom. The molecule has 74 valence electrons. The lowest BCUT2D eigenvalue weighted by Crippen LogP contribution is -2.01. The van der Waals surface area contributed by atoms with Crippen LogP contribution in [0.1, 0.15) is 23.2 Å². The van der Waals surface area contributed by atoms with E-state index in [-0.39, 0.29) is 10.9 Å². The molecule has 0 saturated carbocycles. The van der Waals surface area contributed by atoms with Gasteiger partial charge in [0.15, 0.2) is 10.9 Å². The van der Waals surface area contributed by atoms with E-state index in [1.165, 1.54) is 11.8 Å². The first-order chi connectivity index (χ1) is 6.74. The molecule has 1 rings (SSSR count). The van der Waals surface area contributed by atoms with E-state index in [0.29, 0.717) is 18.4 Å². The fraction of sp³-hybridized carbons (Fsp3) is 0.273. The molecule has 0 unspecified atom stereocenters. The molecule has 1 aromatic carbocycles. The summed E-state index contributed by atoms with van der Waals surface area (Å²) >= 11 is 1.17. The Hall–Kier alpha value is -1.09. The van der Waals surface area contributed by atoms with Crippen LogP contribution in [0.3, 0.4) is 0 Å². The molecular weight excluding hydrogens is 196 g/mol. The first-order valence-electron chi connectivity index (χ1n) is 4.39. The van der Waals surface area contributed by atoms with Crippen molar-refractivity contribution in [1.82, 2.24) is 0 Å². The van der Waals surface area contributed by atoms with Crippen molar-refractivity contribution in [3.63, 3.8) is 0 Å². The molecule has 14 heavy (non-hydrogen) atoms. The normalized spacial score (nSPS) is 9.79. The van der Waals surface area contributed by atoms with Gasteiger partial charge in [-0.3, -0.25) is 9.59 Å². The second-order valence-corrected chi connectivity index (χ2v) is 3.73. The van der Waals surface area contributed by atoms with Crippen molar-refractivity contribution in [2.24, 2.45) is 0 Å². The second kappa shape index (κ2) is 5.60. The molecule has 0 saturated heterocycles. The standard InChI is InChI=1S/C11H12O2S/c1-14-11(13)8-7-10(12)9-5-3-2-4-6-9/h2-6H,7-8H2,1H3. The van der Waals surface area contributed by atoms with Gasteiger partial charge in [-0.15, -0.1) is 0 Å². The van der Waals surface area contributed by atoms with Gasteiger partial charge in [-0.2, -0.15) is 0 Å². The van der Waals surface area contributed by atoms with Crippen LogP contribution in [0.4, 0.5) is 0 Å². The fourth-order valence-corrected chi connectivity index (χ4v) is 1.39. The minimum Gasteiger partial charge on any atom is -0.294 e. The van der Waals surface area contributed by atoms with Crippen LogP contribution in [-0.2, 0) is 4.79 Å². The molecule has 0 atom stereocenters. The molecule has 0 aliphatic carbocycles. The molecule has 0 N–H and O–H groups in total. The van der Waals surface area contributed by atoms with E-state index in [0.717, 1.165) is 0 Å². The first kappa shape index (κ1) is 11.0. The lowest BCUT2D eigenvalue weighted by Gasteiger charge is -1.98. The van der Waals surface area contributed by atoms with Gasteiger partial charge in [0.2, 0.25) is 0 Å². The summed E-state index contributed by atoms with van der Waals surface area (Å²) in [5.74, 6) is 0.0352. The van der Waals surface area contributed by atoms with Crippen molar-refractivity contribution >= 4 is 22.7 Å². The molecule has 0 amide bonds. The van der Waals surface area contributed by atoms with Gasteiger partial charge in [0.05, 0.1) is 0 Å². The van der Waals surface area contributed by atoms with Crippen molar-refractivity contribution < 1.29 is 9.59 Å². The van der Waals surface area contributed by atoms with Crippen LogP contribution in [0.5, 0.6) is 0 Å². The quantitative estimate of drug-likeness (QED) is 0.713. The predicted molar refractivity (Wildman–Crippen MR) is 58.5 cm³/mol. The topological polar surface area (TPSA) is 34.1 Å². The number of hydrogen-bond acceptors (Lipinski definition) is 3. The summed E-state index contributed by atoms with van der Waals surface area (Å²) < 4.78 is 0. The van der Waals surface area contributed by atoms with E-state index in [4.69, 9.17) is 0 Å². The number of carbonyl (C=O) groups is 2. The van der Waals surface area contributed by atoms with Crippen LogP contribution in [0.15, 0.2) is 30.3 Å². The summed E-state index contributed by atoms with van der Waals surface area (Å²) in [5.41, 5.74) is 0.682. The average molecular weight is 208 g/mol. The minimum atomic E-state index is 0.0352. The SMILES string of the molecule is CSC(=O)CCC(=O)c1ccccc1. The Bertz CT molecular complexity index is 319. The van der Waals surface area contributed by atoms with Crippen LogP contribution >= 0.6 is 11.8 Å². The van der Waals surface area contributed by atoms with E-state index in [1.807, 2.05) is 18.2 Å². The zero-order chi connectivity index (χ0) is 10.4. The first-order valence-corrected chi connectivity index (χ1v) is 5.61. The third-order valence-corrected chi connectivity index (χ3v) is 2.54. The number of thioether (sulfide) groups is 1. The van der Waals surface area contributed by atoms with Crippen LogP contribution in [-0.4, -0.2) is 17.2 Å². The number of hydrogen-bond donors (Lipinski definition) is 0. The van der Waals surface area contributed by atoms with Crippen LogP contribution in [0, 0.1) is 0 Å². The number of ketones is 1. The summed E-state index contributed by atoms with van der Waals surface area (Å²) in [6.45, 7) is 0. The van der Waals surface area contributed by atoms with Gasteiger partial charge in [0.25, 0.3) is 0 Å². The molecule has 0 bridgehead atoms. The van der Waals surface area contributed by atoms with Crippen molar-refractivity contribution in [3.8, 4) is 0 Å². The molecule has 0 aromatic heterocycles. The van der Waals surface area contributed by atoms with Gasteiger partial charge in [-0.05, 0) is 6.26 Å². The average Bonchev–Trinajstić information content (AvgIpc) is 2.26. The highest BCUT2D eigenvalue weighted by Crippen LogP contribution is 2.08. The van der Waals surface area contributed by atoms with Gasteiger partial charge in [-0.1, -0.05) is 42.1 Å². The van der Waals surface area contributed by atoms with Crippen LogP contribution in [0.2, 0.25) is 0 Å². The van der Waals surface area contributed by atoms with Gasteiger partial charge in [-0.25, -0.2) is 0 Å². The molecule has 0 aliphatic heterocycles. The maximum Gasteiger partial charge on any atom is 0.189 e. The highest BCUT2D eigenvalue weighted by Gasteiger charge is 2.07. The monoisotopic (exact) mass is 208 g/mol. The van der Waals surface area contributed by atoms with Crippen molar-refractivity contribution in [2.45, 2.75) is 12.8 Å². The predicted octanol–water partition coefficient (Wildman–Crippen LogP) is 2.54. The number of rotatable bonds is 4. The zero-order valence-corrected chi connectivity index (χ0v) is 8.84. The maximum atomic E-state index is 11.5. The number of Topliss-reactive ketones (excluding diaryl/α,β-unsaturated/α-hetero) is 1. The smallest absolute Gasteiger partial charge is 0.189 e. The lowest BCUT2D eigenvalue weighted by atomic mass is 10.1. The van der Waals surface area contributed by atoms with E-state index in [9.17, 15) is 9.59 Å². The summed E-state index contributed by atoms with van der Waals surface area (Å²) in [4.78, 5) is 22.5. The van der Waals surface area contributed by atoms with Gasteiger partial charge in [0, 0.05) is 18.4 Å². The lowest BCUT2D eigenvalue weighted by molar-refractivity contribution is -0.110. The Morgan fingerprint density at radius 1 is 1.14 bits per heavy atom. The molecule has 2 nitrogen and oxygen atoms in total. The van der Waals surface area contributed by atoms with E-state index in [1.54, 1.807) is 18.4 Å². The maximum absolute atomic E-state index is 11.5. The molecular formula is C11H12O2S. The highest BCUT2D eigenvalue weighted by molar-refractivity contribution is 8.13. The molecule has 0 heterocycles. The van der Waals surface area contributed by atoms with Crippen molar-refractivity contribution in [2.75, 3.05) is 6.26 Å². The third-order valence-electron chi connectivity index (χ3n) is 1.88. The molecule has 1 aromatic rings.